The Morgan fingerprint density at radius 1 is 1.13 bits per heavy atom. The summed E-state index contributed by atoms with van der Waals surface area (Å²) in [7, 11) is 0. The molecular weight excluding hydrogens is 296 g/mol. The van der Waals surface area contributed by atoms with E-state index in [4.69, 9.17) is 0 Å². The van der Waals surface area contributed by atoms with Gasteiger partial charge in [-0.3, -0.25) is 9.59 Å². The van der Waals surface area contributed by atoms with E-state index < -0.39 is 17.4 Å². The van der Waals surface area contributed by atoms with E-state index in [1.54, 1.807) is 24.3 Å². The topological polar surface area (TPSA) is 95.5 Å². The van der Waals surface area contributed by atoms with E-state index in [1.165, 1.54) is 6.92 Å². The molecule has 0 spiro atoms. The van der Waals surface area contributed by atoms with Gasteiger partial charge in [0, 0.05) is 18.2 Å². The average molecular weight is 318 g/mol. The molecule has 0 aromatic heterocycles. The van der Waals surface area contributed by atoms with Crippen LogP contribution in [0.5, 0.6) is 0 Å². The predicted octanol–water partition coefficient (Wildman–Crippen LogP) is 2.41. The summed E-state index contributed by atoms with van der Waals surface area (Å²) in [6.07, 6.45) is 2.46. The lowest BCUT2D eigenvalue weighted by Gasteiger charge is -2.36. The van der Waals surface area contributed by atoms with E-state index in [-0.39, 0.29) is 5.91 Å². The van der Waals surface area contributed by atoms with Crippen LogP contribution in [0.3, 0.4) is 0 Å². The number of amides is 2. The van der Waals surface area contributed by atoms with Crippen molar-refractivity contribution < 1.29 is 19.5 Å². The number of anilines is 1. The third-order valence-electron chi connectivity index (χ3n) is 4.36. The number of carbonyl (C=O) groups excluding carboxylic acids is 2. The highest BCUT2D eigenvalue weighted by Gasteiger charge is 2.42. The van der Waals surface area contributed by atoms with Gasteiger partial charge in [-0.2, -0.15) is 0 Å². The number of carbonyl (C=O) groups is 3. The maximum absolute atomic E-state index is 12.4. The molecule has 6 nitrogen and oxygen atoms in total. The molecule has 1 aliphatic carbocycles. The van der Waals surface area contributed by atoms with E-state index in [1.807, 2.05) is 0 Å². The van der Waals surface area contributed by atoms with Crippen molar-refractivity contribution in [2.45, 2.75) is 45.1 Å². The van der Waals surface area contributed by atoms with Crippen LogP contribution in [0, 0.1) is 5.92 Å². The Labute approximate surface area is 135 Å². The van der Waals surface area contributed by atoms with Gasteiger partial charge in [0.1, 0.15) is 5.54 Å². The van der Waals surface area contributed by atoms with Crippen molar-refractivity contribution in [1.29, 1.82) is 0 Å². The monoisotopic (exact) mass is 318 g/mol. The Bertz CT molecular complexity index is 602. The number of hydrogen-bond donors (Lipinski definition) is 3. The largest absolute Gasteiger partial charge is 0.480 e. The number of rotatable bonds is 4. The molecule has 1 fully saturated rings. The van der Waals surface area contributed by atoms with E-state index in [9.17, 15) is 19.5 Å². The highest BCUT2D eigenvalue weighted by Crippen LogP contribution is 2.32. The van der Waals surface area contributed by atoms with E-state index in [0.717, 1.165) is 12.8 Å². The molecule has 0 atom stereocenters. The Balaban J connectivity index is 2.10. The normalized spacial score (nSPS) is 23.8. The average Bonchev–Trinajstić information content (AvgIpc) is 2.49. The molecule has 1 saturated carbocycles. The molecule has 0 bridgehead atoms. The summed E-state index contributed by atoms with van der Waals surface area (Å²) >= 11 is 0. The van der Waals surface area contributed by atoms with E-state index in [0.29, 0.717) is 30.0 Å². The minimum atomic E-state index is -1.18. The zero-order valence-corrected chi connectivity index (χ0v) is 13.4. The number of carboxylic acids is 1. The van der Waals surface area contributed by atoms with Gasteiger partial charge in [0.2, 0.25) is 5.91 Å². The van der Waals surface area contributed by atoms with Crippen LogP contribution in [0.2, 0.25) is 0 Å². The first-order valence-electron chi connectivity index (χ1n) is 7.76. The minimum Gasteiger partial charge on any atom is -0.480 e. The third-order valence-corrected chi connectivity index (χ3v) is 4.36. The molecule has 0 heterocycles. The molecule has 1 aliphatic rings. The highest BCUT2D eigenvalue weighted by atomic mass is 16.4. The second-order valence-corrected chi connectivity index (χ2v) is 6.28. The fourth-order valence-corrected chi connectivity index (χ4v) is 2.84. The zero-order valence-electron chi connectivity index (χ0n) is 13.4. The van der Waals surface area contributed by atoms with Gasteiger partial charge < -0.3 is 15.7 Å². The van der Waals surface area contributed by atoms with Gasteiger partial charge in [0.25, 0.3) is 5.91 Å². The minimum absolute atomic E-state index is 0.191. The van der Waals surface area contributed by atoms with Gasteiger partial charge in [-0.25, -0.2) is 4.79 Å². The quantitative estimate of drug-likeness (QED) is 0.794. The molecule has 0 unspecified atom stereocenters. The van der Waals surface area contributed by atoms with Crippen LogP contribution >= 0.6 is 0 Å². The lowest BCUT2D eigenvalue weighted by Crippen LogP contribution is -2.56. The Hall–Kier alpha value is -2.37. The highest BCUT2D eigenvalue weighted by molar-refractivity contribution is 5.98. The summed E-state index contributed by atoms with van der Waals surface area (Å²) in [6.45, 7) is 3.50. The van der Waals surface area contributed by atoms with E-state index >= 15 is 0 Å². The molecule has 1 aromatic carbocycles. The van der Waals surface area contributed by atoms with Crippen molar-refractivity contribution in [2.24, 2.45) is 5.92 Å². The number of benzene rings is 1. The standard InChI is InChI=1S/C17H22N2O4/c1-11-7-9-17(10-8-11,16(22)23)19-15(21)13-3-5-14(6-4-13)18-12(2)20/h3-6,11H,7-10H2,1-2H3,(H,18,20)(H,19,21)(H,22,23). The van der Waals surface area contributed by atoms with Gasteiger partial charge in [0.15, 0.2) is 0 Å². The first-order chi connectivity index (χ1) is 10.8. The number of hydrogen-bond acceptors (Lipinski definition) is 3. The first kappa shape index (κ1) is 17.0. The lowest BCUT2D eigenvalue weighted by molar-refractivity contribution is -0.146. The van der Waals surface area contributed by atoms with Crippen molar-refractivity contribution in [3.05, 3.63) is 29.8 Å². The Kier molecular flexibility index (Phi) is 5.03. The molecule has 3 N–H and O–H groups in total. The van der Waals surface area contributed by atoms with Crippen molar-refractivity contribution >= 4 is 23.5 Å². The van der Waals surface area contributed by atoms with Crippen molar-refractivity contribution in [1.82, 2.24) is 5.32 Å². The maximum Gasteiger partial charge on any atom is 0.329 e. The molecule has 6 heteroatoms. The third kappa shape index (κ3) is 4.09. The van der Waals surface area contributed by atoms with Crippen molar-refractivity contribution in [3.63, 3.8) is 0 Å². The molecule has 1 aromatic rings. The molecule has 0 aliphatic heterocycles. The lowest BCUT2D eigenvalue weighted by atomic mass is 9.77. The summed E-state index contributed by atoms with van der Waals surface area (Å²) in [4.78, 5) is 35.0. The van der Waals surface area contributed by atoms with Crippen LogP contribution < -0.4 is 10.6 Å². The predicted molar refractivity (Wildman–Crippen MR) is 86.2 cm³/mol. The van der Waals surface area contributed by atoms with Crippen LogP contribution in [0.15, 0.2) is 24.3 Å². The van der Waals surface area contributed by atoms with Crippen LogP contribution in [0.1, 0.15) is 49.9 Å². The molecule has 2 amide bonds. The molecule has 0 radical (unpaired) electrons. The smallest absolute Gasteiger partial charge is 0.329 e. The molecule has 2 rings (SSSR count). The number of carboxylic acid groups (broad SMARTS) is 1. The van der Waals surface area contributed by atoms with E-state index in [2.05, 4.69) is 17.6 Å². The summed E-state index contributed by atoms with van der Waals surface area (Å²) in [5.74, 6) is -1.09. The summed E-state index contributed by atoms with van der Waals surface area (Å²) in [5.41, 5.74) is -0.216. The van der Waals surface area contributed by atoms with Crippen molar-refractivity contribution in [2.75, 3.05) is 5.32 Å². The number of aliphatic carboxylic acids is 1. The van der Waals surface area contributed by atoms with Gasteiger partial charge in [-0.15, -0.1) is 0 Å². The van der Waals surface area contributed by atoms with Crippen molar-refractivity contribution in [3.8, 4) is 0 Å². The molecule has 124 valence electrons. The SMILES string of the molecule is CC(=O)Nc1ccc(C(=O)NC2(C(=O)O)CCC(C)CC2)cc1. The van der Waals surface area contributed by atoms with Crippen LogP contribution in [0.25, 0.3) is 0 Å². The van der Waals surface area contributed by atoms with Gasteiger partial charge in [-0.1, -0.05) is 6.92 Å². The van der Waals surface area contributed by atoms with Gasteiger partial charge >= 0.3 is 5.97 Å². The summed E-state index contributed by atoms with van der Waals surface area (Å²) in [5, 5.41) is 14.9. The fourth-order valence-electron chi connectivity index (χ4n) is 2.84. The van der Waals surface area contributed by atoms with Crippen LogP contribution in [0.4, 0.5) is 5.69 Å². The maximum atomic E-state index is 12.4. The summed E-state index contributed by atoms with van der Waals surface area (Å²) < 4.78 is 0. The fraction of sp³-hybridized carbons (Fsp3) is 0.471. The second-order valence-electron chi connectivity index (χ2n) is 6.28. The van der Waals surface area contributed by atoms with Crippen LogP contribution in [-0.2, 0) is 9.59 Å². The molecular formula is C17H22N2O4. The zero-order chi connectivity index (χ0) is 17.0. The van der Waals surface area contributed by atoms with Crippen LogP contribution in [-0.4, -0.2) is 28.4 Å². The number of nitrogens with one attached hydrogen (secondary N) is 2. The molecule has 0 saturated heterocycles. The molecule has 23 heavy (non-hydrogen) atoms. The van der Waals surface area contributed by atoms with Gasteiger partial charge in [-0.05, 0) is 55.9 Å². The Morgan fingerprint density at radius 3 is 2.17 bits per heavy atom. The van der Waals surface area contributed by atoms with Gasteiger partial charge in [0.05, 0.1) is 0 Å². The summed E-state index contributed by atoms with van der Waals surface area (Å²) in [6, 6.07) is 6.38. The Morgan fingerprint density at radius 2 is 1.70 bits per heavy atom. The second kappa shape index (κ2) is 6.81. The first-order valence-corrected chi connectivity index (χ1v) is 7.76.